The van der Waals surface area contributed by atoms with Crippen molar-refractivity contribution in [3.63, 3.8) is 0 Å². The van der Waals surface area contributed by atoms with E-state index in [1.165, 1.54) is 32.9 Å². The molecule has 11 heteroatoms. The number of sulfonamides is 2. The van der Waals surface area contributed by atoms with Gasteiger partial charge in [0.25, 0.3) is 0 Å². The highest BCUT2D eigenvalue weighted by molar-refractivity contribution is 7.89. The molecule has 0 bridgehead atoms. The molecule has 3 heterocycles. The van der Waals surface area contributed by atoms with Crippen molar-refractivity contribution in [2.24, 2.45) is 5.92 Å². The quantitative estimate of drug-likeness (QED) is 0.661. The SMILES string of the molecule is Cc1cccc(NC(=O)C2CCCN(S(=O)(=O)c3ccc(S(=O)(=O)N4CCCC4)cc3)C2)n1. The van der Waals surface area contributed by atoms with Crippen LogP contribution in [-0.4, -0.2) is 62.5 Å². The minimum atomic E-state index is -3.86. The third-order valence-electron chi connectivity index (χ3n) is 6.06. The first kappa shape index (κ1) is 23.8. The average molecular weight is 493 g/mol. The zero-order valence-electron chi connectivity index (χ0n) is 18.5. The number of aryl methyl sites for hydroxylation is 1. The van der Waals surface area contributed by atoms with Crippen molar-refractivity contribution in [2.75, 3.05) is 31.5 Å². The van der Waals surface area contributed by atoms with Gasteiger partial charge in [-0.3, -0.25) is 4.79 Å². The van der Waals surface area contributed by atoms with E-state index in [9.17, 15) is 21.6 Å². The van der Waals surface area contributed by atoms with Gasteiger partial charge in [0.05, 0.1) is 15.7 Å². The van der Waals surface area contributed by atoms with Gasteiger partial charge in [-0.15, -0.1) is 0 Å². The Kier molecular flexibility index (Phi) is 6.85. The lowest BCUT2D eigenvalue weighted by atomic mass is 9.99. The molecule has 1 unspecified atom stereocenters. The first-order valence-corrected chi connectivity index (χ1v) is 13.9. The molecular formula is C22H28N4O5S2. The summed E-state index contributed by atoms with van der Waals surface area (Å²) in [6, 6.07) is 10.7. The number of hydrogen-bond acceptors (Lipinski definition) is 6. The molecule has 0 radical (unpaired) electrons. The molecule has 1 aromatic heterocycles. The molecule has 0 saturated carbocycles. The number of rotatable bonds is 6. The lowest BCUT2D eigenvalue weighted by Gasteiger charge is -2.31. The van der Waals surface area contributed by atoms with Crippen LogP contribution in [0.15, 0.2) is 52.3 Å². The van der Waals surface area contributed by atoms with E-state index in [0.717, 1.165) is 18.5 Å². The predicted molar refractivity (Wildman–Crippen MR) is 124 cm³/mol. The Hall–Kier alpha value is -2.34. The molecule has 1 N–H and O–H groups in total. The molecule has 178 valence electrons. The number of nitrogens with zero attached hydrogens (tertiary/aromatic N) is 3. The Morgan fingerprint density at radius 3 is 2.06 bits per heavy atom. The Labute approximate surface area is 194 Å². The number of carbonyl (C=O) groups is 1. The number of anilines is 1. The highest BCUT2D eigenvalue weighted by atomic mass is 32.2. The minimum Gasteiger partial charge on any atom is -0.310 e. The second-order valence-corrected chi connectivity index (χ2v) is 12.3. The van der Waals surface area contributed by atoms with Crippen molar-refractivity contribution in [1.29, 1.82) is 0 Å². The van der Waals surface area contributed by atoms with Gasteiger partial charge in [-0.05, 0) is 69.0 Å². The fourth-order valence-corrected chi connectivity index (χ4v) is 7.27. The Morgan fingerprint density at radius 2 is 1.45 bits per heavy atom. The van der Waals surface area contributed by atoms with Gasteiger partial charge in [0, 0.05) is 31.9 Å². The molecule has 4 rings (SSSR count). The van der Waals surface area contributed by atoms with Crippen LogP contribution in [0.1, 0.15) is 31.4 Å². The fraction of sp³-hybridized carbons (Fsp3) is 0.455. The highest BCUT2D eigenvalue weighted by Crippen LogP contribution is 2.27. The number of hydrogen-bond donors (Lipinski definition) is 1. The maximum absolute atomic E-state index is 13.2. The van der Waals surface area contributed by atoms with Crippen molar-refractivity contribution in [3.8, 4) is 0 Å². The zero-order valence-corrected chi connectivity index (χ0v) is 20.1. The standard InChI is InChI=1S/C22H28N4O5S2/c1-17-6-4-8-21(23-17)24-22(27)18-7-5-15-26(16-18)33(30,31)20-11-9-19(10-12-20)32(28,29)25-13-2-3-14-25/h4,6,8-12,18H,2-3,5,7,13-16H2,1H3,(H,23,24,27). The molecular weight excluding hydrogens is 464 g/mol. The maximum atomic E-state index is 13.2. The monoisotopic (exact) mass is 492 g/mol. The van der Waals surface area contributed by atoms with E-state index >= 15 is 0 Å². The second-order valence-electron chi connectivity index (χ2n) is 8.44. The van der Waals surface area contributed by atoms with Crippen molar-refractivity contribution in [2.45, 2.75) is 42.4 Å². The van der Waals surface area contributed by atoms with Gasteiger partial charge in [-0.25, -0.2) is 21.8 Å². The predicted octanol–water partition coefficient (Wildman–Crippen LogP) is 2.21. The van der Waals surface area contributed by atoms with Crippen LogP contribution in [0.25, 0.3) is 0 Å². The number of nitrogens with one attached hydrogen (secondary N) is 1. The third-order valence-corrected chi connectivity index (χ3v) is 9.85. The summed E-state index contributed by atoms with van der Waals surface area (Å²) in [5, 5.41) is 2.77. The first-order chi connectivity index (χ1) is 15.7. The van der Waals surface area contributed by atoms with Crippen LogP contribution in [0.2, 0.25) is 0 Å². The Bertz CT molecular complexity index is 1220. The molecule has 2 aromatic rings. The molecule has 1 atom stereocenters. The van der Waals surface area contributed by atoms with Crippen LogP contribution in [-0.2, 0) is 24.8 Å². The van der Waals surface area contributed by atoms with Gasteiger partial charge in [-0.1, -0.05) is 6.07 Å². The van der Waals surface area contributed by atoms with E-state index < -0.39 is 26.0 Å². The van der Waals surface area contributed by atoms with E-state index in [0.29, 0.717) is 38.3 Å². The fourth-order valence-electron chi connectivity index (χ4n) is 4.23. The van der Waals surface area contributed by atoms with Crippen LogP contribution < -0.4 is 5.32 Å². The van der Waals surface area contributed by atoms with Crippen molar-refractivity contribution in [3.05, 3.63) is 48.2 Å². The molecule has 2 aliphatic heterocycles. The van der Waals surface area contributed by atoms with E-state index in [1.54, 1.807) is 12.1 Å². The summed E-state index contributed by atoms with van der Waals surface area (Å²) in [6.45, 7) is 3.16. The van der Waals surface area contributed by atoms with E-state index in [1.807, 2.05) is 13.0 Å². The summed E-state index contributed by atoms with van der Waals surface area (Å²) in [4.78, 5) is 17.1. The highest BCUT2D eigenvalue weighted by Gasteiger charge is 2.34. The molecule has 2 aliphatic rings. The summed E-state index contributed by atoms with van der Waals surface area (Å²) in [7, 11) is -7.47. The number of benzene rings is 1. The summed E-state index contributed by atoms with van der Waals surface area (Å²) in [5.41, 5.74) is 0.774. The summed E-state index contributed by atoms with van der Waals surface area (Å²) in [6.07, 6.45) is 2.79. The lowest BCUT2D eigenvalue weighted by Crippen LogP contribution is -2.43. The van der Waals surface area contributed by atoms with Gasteiger partial charge < -0.3 is 5.32 Å². The second kappa shape index (κ2) is 9.49. The number of amides is 1. The number of aromatic nitrogens is 1. The van der Waals surface area contributed by atoms with Crippen LogP contribution in [0.5, 0.6) is 0 Å². The van der Waals surface area contributed by atoms with Crippen molar-refractivity contribution in [1.82, 2.24) is 13.6 Å². The summed E-state index contributed by atoms with van der Waals surface area (Å²) >= 11 is 0. The average Bonchev–Trinajstić information content (AvgIpc) is 3.35. The van der Waals surface area contributed by atoms with Crippen molar-refractivity contribution >= 4 is 31.8 Å². The van der Waals surface area contributed by atoms with Crippen LogP contribution in [0.4, 0.5) is 5.82 Å². The van der Waals surface area contributed by atoms with Gasteiger partial charge in [0.15, 0.2) is 0 Å². The molecule has 9 nitrogen and oxygen atoms in total. The van der Waals surface area contributed by atoms with E-state index in [-0.39, 0.29) is 22.2 Å². The van der Waals surface area contributed by atoms with Gasteiger partial charge in [0.1, 0.15) is 5.82 Å². The smallest absolute Gasteiger partial charge is 0.243 e. The Morgan fingerprint density at radius 1 is 0.879 bits per heavy atom. The molecule has 0 spiro atoms. The van der Waals surface area contributed by atoms with Crippen LogP contribution in [0.3, 0.4) is 0 Å². The topological polar surface area (TPSA) is 117 Å². The number of pyridine rings is 1. The molecule has 1 aromatic carbocycles. The Balaban J connectivity index is 1.47. The van der Waals surface area contributed by atoms with Gasteiger partial charge >= 0.3 is 0 Å². The number of carbonyl (C=O) groups excluding carboxylic acids is 1. The molecule has 2 fully saturated rings. The first-order valence-electron chi connectivity index (χ1n) is 11.0. The van der Waals surface area contributed by atoms with Gasteiger partial charge in [-0.2, -0.15) is 8.61 Å². The van der Waals surface area contributed by atoms with Crippen molar-refractivity contribution < 1.29 is 21.6 Å². The van der Waals surface area contributed by atoms with Crippen LogP contribution in [0, 0.1) is 12.8 Å². The molecule has 2 saturated heterocycles. The minimum absolute atomic E-state index is 0.0179. The molecule has 1 amide bonds. The van der Waals surface area contributed by atoms with E-state index in [4.69, 9.17) is 0 Å². The normalized spacial score (nSPS) is 20.6. The maximum Gasteiger partial charge on any atom is 0.243 e. The lowest BCUT2D eigenvalue weighted by molar-refractivity contribution is -0.120. The van der Waals surface area contributed by atoms with E-state index in [2.05, 4.69) is 10.3 Å². The third kappa shape index (κ3) is 5.11. The number of piperidine rings is 1. The van der Waals surface area contributed by atoms with Crippen LogP contribution >= 0.6 is 0 Å². The van der Waals surface area contributed by atoms with Gasteiger partial charge in [0.2, 0.25) is 26.0 Å². The summed E-state index contributed by atoms with van der Waals surface area (Å²) < 4.78 is 54.5. The summed E-state index contributed by atoms with van der Waals surface area (Å²) in [5.74, 6) is -0.319. The zero-order chi connectivity index (χ0) is 23.6. The molecule has 0 aliphatic carbocycles. The molecule has 33 heavy (non-hydrogen) atoms. The largest absolute Gasteiger partial charge is 0.310 e.